The second kappa shape index (κ2) is 6.12. The highest BCUT2D eigenvalue weighted by Crippen LogP contribution is 2.30. The highest BCUT2D eigenvalue weighted by molar-refractivity contribution is 7.90. The second-order valence-electron chi connectivity index (χ2n) is 6.05. The van der Waals surface area contributed by atoms with Crippen LogP contribution in [0.15, 0.2) is 41.4 Å². The van der Waals surface area contributed by atoms with Gasteiger partial charge in [-0.3, -0.25) is 5.10 Å². The predicted molar refractivity (Wildman–Crippen MR) is 95.5 cm³/mol. The number of rotatable bonds is 3. The topological polar surface area (TPSA) is 88.2 Å². The van der Waals surface area contributed by atoms with Crippen molar-refractivity contribution in [1.82, 2.24) is 15.2 Å². The Morgan fingerprint density at radius 1 is 1.16 bits per heavy atom. The van der Waals surface area contributed by atoms with Crippen molar-refractivity contribution in [3.05, 3.63) is 36.5 Å². The molecule has 0 aliphatic carbocycles. The summed E-state index contributed by atoms with van der Waals surface area (Å²) in [7, 11) is -3.27. The summed E-state index contributed by atoms with van der Waals surface area (Å²) >= 11 is 0. The number of fused-ring (bicyclic) bond motifs is 1. The van der Waals surface area contributed by atoms with Crippen LogP contribution in [0.3, 0.4) is 0 Å². The Kier molecular flexibility index (Phi) is 3.93. The maximum Gasteiger partial charge on any atom is 0.175 e. The molecule has 1 aliphatic rings. The number of morpholine rings is 1. The zero-order chi connectivity index (χ0) is 17.4. The molecule has 0 radical (unpaired) electrons. The zero-order valence-electron chi connectivity index (χ0n) is 13.8. The second-order valence-corrected chi connectivity index (χ2v) is 8.07. The summed E-state index contributed by atoms with van der Waals surface area (Å²) in [6, 6.07) is 8.86. The first-order valence-electron chi connectivity index (χ1n) is 8.00. The van der Waals surface area contributed by atoms with Crippen LogP contribution in [0.5, 0.6) is 0 Å². The van der Waals surface area contributed by atoms with Gasteiger partial charge in [0.25, 0.3) is 0 Å². The molecule has 2 aromatic heterocycles. The van der Waals surface area contributed by atoms with Crippen LogP contribution < -0.4 is 4.90 Å². The third-order valence-corrected chi connectivity index (χ3v) is 5.43. The average Bonchev–Trinajstić information content (AvgIpc) is 3.05. The summed E-state index contributed by atoms with van der Waals surface area (Å²) in [5.41, 5.74) is 2.41. The summed E-state index contributed by atoms with van der Waals surface area (Å²) < 4.78 is 29.1. The molecule has 0 saturated carbocycles. The number of aromatic amines is 1. The smallest absolute Gasteiger partial charge is 0.175 e. The summed E-state index contributed by atoms with van der Waals surface area (Å²) in [5, 5.41) is 8.13. The summed E-state index contributed by atoms with van der Waals surface area (Å²) in [4.78, 5) is 6.90. The number of H-pyrrole nitrogens is 1. The van der Waals surface area contributed by atoms with Crippen molar-refractivity contribution in [2.75, 3.05) is 37.5 Å². The van der Waals surface area contributed by atoms with Gasteiger partial charge in [-0.1, -0.05) is 0 Å². The van der Waals surface area contributed by atoms with E-state index in [2.05, 4.69) is 20.1 Å². The lowest BCUT2D eigenvalue weighted by molar-refractivity contribution is 0.122. The Labute approximate surface area is 145 Å². The van der Waals surface area contributed by atoms with Crippen molar-refractivity contribution in [2.24, 2.45) is 0 Å². The fraction of sp³-hybridized carbons (Fsp3) is 0.294. The number of nitrogens with one attached hydrogen (secondary N) is 1. The van der Waals surface area contributed by atoms with Crippen LogP contribution in [0.4, 0.5) is 5.82 Å². The third kappa shape index (κ3) is 3.10. The molecular formula is C17H18N4O3S. The van der Waals surface area contributed by atoms with Gasteiger partial charge in [0.1, 0.15) is 11.5 Å². The van der Waals surface area contributed by atoms with E-state index in [-0.39, 0.29) is 4.90 Å². The minimum Gasteiger partial charge on any atom is -0.378 e. The lowest BCUT2D eigenvalue weighted by Crippen LogP contribution is -2.36. The molecule has 1 aromatic carbocycles. The molecule has 7 nitrogen and oxygen atoms in total. The zero-order valence-corrected chi connectivity index (χ0v) is 14.6. The quantitative estimate of drug-likeness (QED) is 0.769. The molecule has 0 amide bonds. The van der Waals surface area contributed by atoms with Crippen molar-refractivity contribution < 1.29 is 13.2 Å². The van der Waals surface area contributed by atoms with Crippen LogP contribution in [-0.2, 0) is 14.6 Å². The van der Waals surface area contributed by atoms with Gasteiger partial charge in [-0.2, -0.15) is 5.10 Å². The number of sulfone groups is 1. The van der Waals surface area contributed by atoms with Gasteiger partial charge in [0.05, 0.1) is 23.6 Å². The van der Waals surface area contributed by atoms with Crippen molar-refractivity contribution in [3.63, 3.8) is 0 Å². The Bertz CT molecular complexity index is 1020. The standard InChI is InChI=1S/C17H18N4O3S/c1-25(22,23)13-2-3-15-14(11-13)17(20-19-15)12-4-5-18-16(10-12)21-6-8-24-9-7-21/h2-5,10-11H,6-9H2,1H3,(H,19,20). The largest absolute Gasteiger partial charge is 0.378 e. The van der Waals surface area contributed by atoms with Crippen LogP contribution in [0.1, 0.15) is 0 Å². The number of hydrogen-bond donors (Lipinski definition) is 1. The highest BCUT2D eigenvalue weighted by atomic mass is 32.2. The minimum absolute atomic E-state index is 0.283. The molecule has 25 heavy (non-hydrogen) atoms. The Balaban J connectivity index is 1.79. The molecule has 0 atom stereocenters. The Morgan fingerprint density at radius 2 is 1.96 bits per heavy atom. The summed E-state index contributed by atoms with van der Waals surface area (Å²) in [5.74, 6) is 0.871. The number of ether oxygens (including phenoxy) is 1. The molecule has 0 spiro atoms. The van der Waals surface area contributed by atoms with Crippen LogP contribution in [0.2, 0.25) is 0 Å². The van der Waals surface area contributed by atoms with E-state index >= 15 is 0 Å². The summed E-state index contributed by atoms with van der Waals surface area (Å²) in [6.45, 7) is 2.98. The number of aromatic nitrogens is 3. The van der Waals surface area contributed by atoms with Gasteiger partial charge in [0, 0.05) is 36.5 Å². The van der Waals surface area contributed by atoms with Gasteiger partial charge in [-0.05, 0) is 30.3 Å². The van der Waals surface area contributed by atoms with E-state index in [1.54, 1.807) is 24.4 Å². The number of pyridine rings is 1. The molecule has 0 unspecified atom stereocenters. The number of benzene rings is 1. The molecule has 1 N–H and O–H groups in total. The van der Waals surface area contributed by atoms with Crippen molar-refractivity contribution >= 4 is 26.6 Å². The first-order valence-corrected chi connectivity index (χ1v) is 9.89. The van der Waals surface area contributed by atoms with Gasteiger partial charge in [-0.15, -0.1) is 0 Å². The number of nitrogens with zero attached hydrogens (tertiary/aromatic N) is 3. The monoisotopic (exact) mass is 358 g/mol. The molecular weight excluding hydrogens is 340 g/mol. The lowest BCUT2D eigenvalue weighted by Gasteiger charge is -2.27. The van der Waals surface area contributed by atoms with Gasteiger partial charge < -0.3 is 9.64 Å². The van der Waals surface area contributed by atoms with Crippen LogP contribution in [0.25, 0.3) is 22.2 Å². The van der Waals surface area contributed by atoms with Crippen molar-refractivity contribution in [3.8, 4) is 11.3 Å². The molecule has 3 aromatic rings. The van der Waals surface area contributed by atoms with Crippen molar-refractivity contribution in [1.29, 1.82) is 0 Å². The van der Waals surface area contributed by atoms with Crippen LogP contribution in [0, 0.1) is 0 Å². The van der Waals surface area contributed by atoms with Gasteiger partial charge in [0.15, 0.2) is 9.84 Å². The van der Waals surface area contributed by atoms with Crippen LogP contribution in [-0.4, -0.2) is 56.2 Å². The molecule has 1 fully saturated rings. The van der Waals surface area contributed by atoms with E-state index in [4.69, 9.17) is 4.74 Å². The van der Waals surface area contributed by atoms with Gasteiger partial charge >= 0.3 is 0 Å². The normalized spacial score (nSPS) is 15.6. The Morgan fingerprint density at radius 3 is 2.72 bits per heavy atom. The SMILES string of the molecule is CS(=O)(=O)c1ccc2[nH]nc(-c3ccnc(N4CCOCC4)c3)c2c1. The maximum atomic E-state index is 11.8. The van der Waals surface area contributed by atoms with Gasteiger partial charge in [0.2, 0.25) is 0 Å². The Hall–Kier alpha value is -2.45. The first-order chi connectivity index (χ1) is 12.0. The van der Waals surface area contributed by atoms with E-state index in [0.29, 0.717) is 13.2 Å². The van der Waals surface area contributed by atoms with E-state index in [1.165, 1.54) is 6.26 Å². The number of hydrogen-bond acceptors (Lipinski definition) is 6. The number of anilines is 1. The molecule has 130 valence electrons. The molecule has 0 bridgehead atoms. The highest BCUT2D eigenvalue weighted by Gasteiger charge is 2.16. The minimum atomic E-state index is -3.27. The first kappa shape index (κ1) is 16.0. The fourth-order valence-electron chi connectivity index (χ4n) is 2.97. The molecule has 4 rings (SSSR count). The maximum absolute atomic E-state index is 11.8. The predicted octanol–water partition coefficient (Wildman–Crippen LogP) is 1.86. The molecule has 1 aliphatic heterocycles. The van der Waals surface area contributed by atoms with E-state index in [1.807, 2.05) is 12.1 Å². The van der Waals surface area contributed by atoms with E-state index in [0.717, 1.165) is 41.1 Å². The summed E-state index contributed by atoms with van der Waals surface area (Å²) in [6.07, 6.45) is 2.96. The van der Waals surface area contributed by atoms with E-state index < -0.39 is 9.84 Å². The third-order valence-electron chi connectivity index (χ3n) is 4.32. The van der Waals surface area contributed by atoms with Crippen LogP contribution >= 0.6 is 0 Å². The molecule has 3 heterocycles. The van der Waals surface area contributed by atoms with E-state index in [9.17, 15) is 8.42 Å². The molecule has 1 saturated heterocycles. The fourth-order valence-corrected chi connectivity index (χ4v) is 3.62. The van der Waals surface area contributed by atoms with Crippen molar-refractivity contribution in [2.45, 2.75) is 4.90 Å². The average molecular weight is 358 g/mol. The lowest BCUT2D eigenvalue weighted by atomic mass is 10.1. The van der Waals surface area contributed by atoms with Gasteiger partial charge in [-0.25, -0.2) is 13.4 Å². The molecule has 8 heteroatoms.